The zero-order valence-corrected chi connectivity index (χ0v) is 17.7. The molecule has 0 bridgehead atoms. The number of aryl methyl sites for hydroxylation is 1. The summed E-state index contributed by atoms with van der Waals surface area (Å²) in [5.41, 5.74) is 6.77. The molecule has 4 aromatic rings. The summed E-state index contributed by atoms with van der Waals surface area (Å²) in [5.74, 6) is 0. The molecule has 0 radical (unpaired) electrons. The van der Waals surface area contributed by atoms with Crippen molar-refractivity contribution in [3.05, 3.63) is 64.4 Å². The Morgan fingerprint density at radius 1 is 1.07 bits per heavy atom. The molecule has 0 N–H and O–H groups in total. The smallest absolute Gasteiger partial charge is 0.0999 e. The number of fused-ring (bicyclic) bond motifs is 2. The van der Waals surface area contributed by atoms with Gasteiger partial charge in [-0.3, -0.25) is 4.98 Å². The molecule has 6 heteroatoms. The highest BCUT2D eigenvalue weighted by atomic mass is 35.5. The Morgan fingerprint density at radius 2 is 1.87 bits per heavy atom. The van der Waals surface area contributed by atoms with E-state index >= 15 is 0 Å². The van der Waals surface area contributed by atoms with Crippen molar-refractivity contribution in [1.82, 2.24) is 9.55 Å². The van der Waals surface area contributed by atoms with E-state index in [0.29, 0.717) is 23.8 Å². The Bertz CT molecular complexity index is 1330. The molecule has 1 fully saturated rings. The van der Waals surface area contributed by atoms with Crippen molar-refractivity contribution in [3.8, 4) is 11.8 Å². The van der Waals surface area contributed by atoms with Gasteiger partial charge in [-0.15, -0.1) is 0 Å². The van der Waals surface area contributed by atoms with Crippen LogP contribution in [-0.4, -0.2) is 35.9 Å². The van der Waals surface area contributed by atoms with Crippen molar-refractivity contribution in [2.24, 2.45) is 0 Å². The Labute approximate surface area is 180 Å². The molecule has 3 heterocycles. The van der Waals surface area contributed by atoms with Gasteiger partial charge in [-0.2, -0.15) is 5.26 Å². The maximum Gasteiger partial charge on any atom is 0.0999 e. The third-order valence-corrected chi connectivity index (χ3v) is 6.17. The lowest BCUT2D eigenvalue weighted by molar-refractivity contribution is 0.122. The fourth-order valence-corrected chi connectivity index (χ4v) is 4.43. The fourth-order valence-electron chi connectivity index (χ4n) is 4.26. The van der Waals surface area contributed by atoms with Crippen LogP contribution in [0.15, 0.2) is 42.6 Å². The van der Waals surface area contributed by atoms with Crippen LogP contribution < -0.4 is 4.90 Å². The molecule has 30 heavy (non-hydrogen) atoms. The van der Waals surface area contributed by atoms with Crippen molar-refractivity contribution in [1.29, 1.82) is 5.26 Å². The first-order valence-corrected chi connectivity index (χ1v) is 10.4. The van der Waals surface area contributed by atoms with Crippen LogP contribution in [0, 0.1) is 25.2 Å². The summed E-state index contributed by atoms with van der Waals surface area (Å²) < 4.78 is 7.68. The van der Waals surface area contributed by atoms with Crippen LogP contribution >= 0.6 is 11.6 Å². The van der Waals surface area contributed by atoms with Crippen molar-refractivity contribution in [2.45, 2.75) is 13.8 Å². The van der Waals surface area contributed by atoms with E-state index in [4.69, 9.17) is 21.3 Å². The molecular formula is C24H21ClN4O. The first-order chi connectivity index (χ1) is 14.6. The Balaban J connectivity index is 1.80. The van der Waals surface area contributed by atoms with E-state index in [9.17, 15) is 5.26 Å². The van der Waals surface area contributed by atoms with Crippen molar-refractivity contribution in [2.75, 3.05) is 31.2 Å². The molecule has 0 amide bonds. The molecule has 150 valence electrons. The second-order valence-electron chi connectivity index (χ2n) is 7.66. The van der Waals surface area contributed by atoms with Crippen molar-refractivity contribution < 1.29 is 4.74 Å². The lowest BCUT2D eigenvalue weighted by Gasteiger charge is -2.29. The Hall–Kier alpha value is -3.07. The van der Waals surface area contributed by atoms with Gasteiger partial charge in [-0.25, -0.2) is 0 Å². The van der Waals surface area contributed by atoms with Crippen molar-refractivity contribution in [3.63, 3.8) is 0 Å². The molecule has 5 rings (SSSR count). The maximum atomic E-state index is 9.81. The van der Waals surface area contributed by atoms with E-state index in [0.717, 1.165) is 57.5 Å². The van der Waals surface area contributed by atoms with Gasteiger partial charge in [0, 0.05) is 46.5 Å². The summed E-state index contributed by atoms with van der Waals surface area (Å²) in [6.45, 7) is 7.17. The first kappa shape index (κ1) is 18.9. The van der Waals surface area contributed by atoms with Gasteiger partial charge in [0.25, 0.3) is 0 Å². The predicted molar refractivity (Wildman–Crippen MR) is 121 cm³/mol. The van der Waals surface area contributed by atoms with E-state index in [2.05, 4.69) is 28.5 Å². The van der Waals surface area contributed by atoms with Crippen LogP contribution in [-0.2, 0) is 4.74 Å². The molecule has 2 aromatic heterocycles. The highest BCUT2D eigenvalue weighted by Gasteiger charge is 2.18. The molecule has 0 unspecified atom stereocenters. The number of aromatic nitrogens is 2. The number of nitrogens with zero attached hydrogens (tertiary/aromatic N) is 4. The number of rotatable bonds is 2. The summed E-state index contributed by atoms with van der Waals surface area (Å²) in [7, 11) is 0. The minimum Gasteiger partial charge on any atom is -0.378 e. The van der Waals surface area contributed by atoms with E-state index in [1.807, 2.05) is 43.5 Å². The highest BCUT2D eigenvalue weighted by molar-refractivity contribution is 6.31. The number of halogens is 1. The molecule has 0 aliphatic carbocycles. The Kier molecular flexibility index (Phi) is 4.62. The topological polar surface area (TPSA) is 54.1 Å². The molecule has 1 saturated heterocycles. The summed E-state index contributed by atoms with van der Waals surface area (Å²) in [5, 5.41) is 12.5. The van der Waals surface area contributed by atoms with Crippen LogP contribution in [0.4, 0.5) is 5.69 Å². The maximum absolute atomic E-state index is 9.81. The number of hydrogen-bond donors (Lipinski definition) is 0. The molecule has 1 aliphatic heterocycles. The second kappa shape index (κ2) is 7.32. The third kappa shape index (κ3) is 3.00. The van der Waals surface area contributed by atoms with E-state index in [-0.39, 0.29) is 0 Å². The second-order valence-corrected chi connectivity index (χ2v) is 8.09. The zero-order chi connectivity index (χ0) is 20.8. The number of anilines is 1. The van der Waals surface area contributed by atoms with Crippen molar-refractivity contribution >= 4 is 39.1 Å². The van der Waals surface area contributed by atoms with Gasteiger partial charge < -0.3 is 14.2 Å². The number of hydrogen-bond acceptors (Lipinski definition) is 4. The minimum absolute atomic E-state index is 0.669. The fraction of sp³-hybridized carbons (Fsp3) is 0.250. The van der Waals surface area contributed by atoms with Crippen LogP contribution in [0.3, 0.4) is 0 Å². The largest absolute Gasteiger partial charge is 0.378 e. The average Bonchev–Trinajstić information content (AvgIpc) is 3.18. The Morgan fingerprint density at radius 3 is 2.63 bits per heavy atom. The molecule has 1 aliphatic rings. The van der Waals surface area contributed by atoms with Gasteiger partial charge in [0.1, 0.15) is 0 Å². The van der Waals surface area contributed by atoms with Crippen LogP contribution in [0.5, 0.6) is 0 Å². The standard InChI is InChI=1S/C24H21ClN4O/c1-15-16(2)27-22-12-18(25)3-4-21(22)24(15)29-6-5-20-17(14-26)11-19(13-23(20)29)28-7-9-30-10-8-28/h3-6,11-13H,7-10H2,1-2H3. The van der Waals surface area contributed by atoms with Gasteiger partial charge in [-0.1, -0.05) is 11.6 Å². The minimum atomic E-state index is 0.669. The van der Waals surface area contributed by atoms with Gasteiger partial charge in [0.2, 0.25) is 0 Å². The van der Waals surface area contributed by atoms with Crippen LogP contribution in [0.2, 0.25) is 5.02 Å². The number of pyridine rings is 1. The average molecular weight is 417 g/mol. The molecule has 5 nitrogen and oxygen atoms in total. The predicted octanol–water partition coefficient (Wildman–Crippen LogP) is 5.16. The monoisotopic (exact) mass is 416 g/mol. The summed E-state index contributed by atoms with van der Waals surface area (Å²) in [4.78, 5) is 7.02. The summed E-state index contributed by atoms with van der Waals surface area (Å²) in [6.07, 6.45) is 2.05. The SMILES string of the molecule is Cc1nc2cc(Cl)ccc2c(-n2ccc3c(C#N)cc(N4CCOCC4)cc32)c1C. The van der Waals surface area contributed by atoms with E-state index in [1.54, 1.807) is 0 Å². The third-order valence-electron chi connectivity index (χ3n) is 5.93. The van der Waals surface area contributed by atoms with Gasteiger partial charge in [-0.05, 0) is 55.8 Å². The molecule has 0 spiro atoms. The van der Waals surface area contributed by atoms with Crippen LogP contribution in [0.25, 0.3) is 27.5 Å². The molecule has 0 atom stereocenters. The lowest BCUT2D eigenvalue weighted by Crippen LogP contribution is -2.36. The highest BCUT2D eigenvalue weighted by Crippen LogP contribution is 2.34. The number of benzene rings is 2. The molecular weight excluding hydrogens is 396 g/mol. The number of morpholine rings is 1. The first-order valence-electron chi connectivity index (χ1n) is 10.0. The number of ether oxygens (including phenoxy) is 1. The molecule has 2 aromatic carbocycles. The number of nitriles is 1. The van der Waals surface area contributed by atoms with Crippen LogP contribution in [0.1, 0.15) is 16.8 Å². The van der Waals surface area contributed by atoms with Gasteiger partial charge >= 0.3 is 0 Å². The van der Waals surface area contributed by atoms with E-state index in [1.165, 1.54) is 0 Å². The van der Waals surface area contributed by atoms with E-state index < -0.39 is 0 Å². The lowest BCUT2D eigenvalue weighted by atomic mass is 10.1. The summed E-state index contributed by atoms with van der Waals surface area (Å²) >= 11 is 6.23. The van der Waals surface area contributed by atoms with Gasteiger partial charge in [0.05, 0.1) is 41.6 Å². The van der Waals surface area contributed by atoms with Gasteiger partial charge in [0.15, 0.2) is 0 Å². The summed E-state index contributed by atoms with van der Waals surface area (Å²) in [6, 6.07) is 14.4. The zero-order valence-electron chi connectivity index (χ0n) is 16.9. The molecule has 0 saturated carbocycles. The quantitative estimate of drug-likeness (QED) is 0.453. The normalized spacial score (nSPS) is 14.4.